The third-order valence-corrected chi connectivity index (χ3v) is 3.54. The lowest BCUT2D eigenvalue weighted by atomic mass is 10.3. The van der Waals surface area contributed by atoms with Crippen molar-refractivity contribution in [1.82, 2.24) is 9.97 Å². The van der Waals surface area contributed by atoms with E-state index >= 15 is 0 Å². The number of benzene rings is 1. The summed E-state index contributed by atoms with van der Waals surface area (Å²) < 4.78 is 10.5. The Hall–Kier alpha value is -2.28. The van der Waals surface area contributed by atoms with Crippen LogP contribution >= 0.6 is 11.8 Å². The molecule has 2 aromatic rings. The van der Waals surface area contributed by atoms with Crippen molar-refractivity contribution in [1.29, 1.82) is 0 Å². The number of aromatic amines is 1. The Morgan fingerprint density at radius 3 is 2.83 bits per heavy atom. The molecule has 1 heterocycles. The van der Waals surface area contributed by atoms with Gasteiger partial charge < -0.3 is 14.5 Å². The van der Waals surface area contributed by atoms with Crippen LogP contribution in [0.25, 0.3) is 0 Å². The van der Waals surface area contributed by atoms with Gasteiger partial charge in [-0.05, 0) is 18.6 Å². The summed E-state index contributed by atoms with van der Waals surface area (Å²) in [5, 5.41) is 0.373. The number of thioether (sulfide) groups is 1. The number of hydrogen-bond acceptors (Lipinski definition) is 6. The zero-order chi connectivity index (χ0) is 16.5. The number of aromatic nitrogens is 2. The molecule has 1 aromatic carbocycles. The number of ether oxygens (including phenoxy) is 2. The number of carbonyl (C=O) groups is 1. The first kappa shape index (κ1) is 17.1. The molecule has 0 saturated heterocycles. The van der Waals surface area contributed by atoms with E-state index in [0.29, 0.717) is 23.2 Å². The first-order valence-corrected chi connectivity index (χ1v) is 8.22. The summed E-state index contributed by atoms with van der Waals surface area (Å²) in [6.45, 7) is 2.51. The summed E-state index contributed by atoms with van der Waals surface area (Å²) in [7, 11) is 0. The van der Waals surface area contributed by atoms with Crippen LogP contribution in [0.3, 0.4) is 0 Å². The van der Waals surface area contributed by atoms with Gasteiger partial charge in [0.05, 0.1) is 18.1 Å². The minimum absolute atomic E-state index is 0.103. The average molecular weight is 334 g/mol. The van der Waals surface area contributed by atoms with Gasteiger partial charge in [0.25, 0.3) is 5.56 Å². The van der Waals surface area contributed by atoms with E-state index < -0.39 is 0 Å². The van der Waals surface area contributed by atoms with Gasteiger partial charge in [-0.25, -0.2) is 4.98 Å². The molecule has 0 bridgehead atoms. The van der Waals surface area contributed by atoms with Crippen molar-refractivity contribution in [3.63, 3.8) is 0 Å². The molecule has 0 saturated carbocycles. The summed E-state index contributed by atoms with van der Waals surface area (Å²) in [6, 6.07) is 10.7. The zero-order valence-electron chi connectivity index (χ0n) is 12.8. The van der Waals surface area contributed by atoms with E-state index in [1.54, 1.807) is 0 Å². The predicted octanol–water partition coefficient (Wildman–Crippen LogP) is 2.39. The van der Waals surface area contributed by atoms with E-state index in [4.69, 9.17) is 9.47 Å². The third kappa shape index (κ3) is 6.15. The monoisotopic (exact) mass is 334 g/mol. The van der Waals surface area contributed by atoms with Crippen LogP contribution in [0.2, 0.25) is 0 Å². The molecule has 6 nitrogen and oxygen atoms in total. The van der Waals surface area contributed by atoms with E-state index in [1.165, 1.54) is 6.07 Å². The molecular formula is C16H18N2O4S. The van der Waals surface area contributed by atoms with Gasteiger partial charge in [0.1, 0.15) is 12.4 Å². The molecule has 0 atom stereocenters. The van der Waals surface area contributed by atoms with Crippen LogP contribution in [-0.4, -0.2) is 28.3 Å². The Bertz CT molecular complexity index is 688. The Morgan fingerprint density at radius 1 is 1.30 bits per heavy atom. The maximum absolute atomic E-state index is 11.7. The fourth-order valence-corrected chi connectivity index (χ4v) is 2.38. The van der Waals surface area contributed by atoms with Gasteiger partial charge in [-0.2, -0.15) is 0 Å². The molecule has 0 amide bonds. The van der Waals surface area contributed by atoms with E-state index in [-0.39, 0.29) is 23.9 Å². The summed E-state index contributed by atoms with van der Waals surface area (Å²) in [6.07, 6.45) is 0.776. The normalized spacial score (nSPS) is 10.3. The first-order chi connectivity index (χ1) is 11.2. The molecule has 0 aliphatic rings. The lowest BCUT2D eigenvalue weighted by Gasteiger charge is -2.07. The third-order valence-electron chi connectivity index (χ3n) is 2.70. The second-order valence-corrected chi connectivity index (χ2v) is 5.62. The highest BCUT2D eigenvalue weighted by Crippen LogP contribution is 2.14. The maximum Gasteiger partial charge on any atom is 0.316 e. The number of nitrogens with zero attached hydrogens (tertiary/aromatic N) is 1. The van der Waals surface area contributed by atoms with E-state index in [9.17, 15) is 9.59 Å². The molecule has 2 rings (SSSR count). The standard InChI is InChI=1S/C16H18N2O4S/c1-2-8-21-15(20)11-23-16-17-12(9-14(19)18-16)10-22-13-6-4-3-5-7-13/h3-7,9H,2,8,10-11H2,1H3,(H,17,18,19). The number of nitrogens with one attached hydrogen (secondary N) is 1. The fraction of sp³-hybridized carbons (Fsp3) is 0.312. The number of para-hydroxylation sites is 1. The number of esters is 1. The number of rotatable bonds is 8. The molecule has 0 spiro atoms. The summed E-state index contributed by atoms with van der Waals surface area (Å²) >= 11 is 1.13. The summed E-state index contributed by atoms with van der Waals surface area (Å²) in [4.78, 5) is 30.0. The smallest absolute Gasteiger partial charge is 0.316 e. The maximum atomic E-state index is 11.7. The molecule has 7 heteroatoms. The van der Waals surface area contributed by atoms with E-state index in [2.05, 4.69) is 9.97 Å². The van der Waals surface area contributed by atoms with Crippen LogP contribution in [-0.2, 0) is 16.1 Å². The van der Waals surface area contributed by atoms with Crippen LogP contribution in [0.15, 0.2) is 46.3 Å². The topological polar surface area (TPSA) is 81.3 Å². The molecular weight excluding hydrogens is 316 g/mol. The highest BCUT2D eigenvalue weighted by molar-refractivity contribution is 7.99. The van der Waals surface area contributed by atoms with Crippen molar-refractivity contribution >= 4 is 17.7 Å². The van der Waals surface area contributed by atoms with Gasteiger partial charge in [0, 0.05) is 6.07 Å². The highest BCUT2D eigenvalue weighted by atomic mass is 32.2. The Balaban J connectivity index is 1.93. The zero-order valence-corrected chi connectivity index (χ0v) is 13.6. The molecule has 122 valence electrons. The van der Waals surface area contributed by atoms with E-state index in [0.717, 1.165) is 18.2 Å². The molecule has 23 heavy (non-hydrogen) atoms. The minimum Gasteiger partial charge on any atom is -0.487 e. The molecule has 0 aliphatic heterocycles. The average Bonchev–Trinajstić information content (AvgIpc) is 2.57. The van der Waals surface area contributed by atoms with Gasteiger partial charge in [-0.1, -0.05) is 36.9 Å². The second-order valence-electron chi connectivity index (χ2n) is 4.65. The molecule has 1 N–H and O–H groups in total. The van der Waals surface area contributed by atoms with Crippen molar-refractivity contribution in [2.75, 3.05) is 12.4 Å². The Kier molecular flexibility index (Phi) is 6.68. The SMILES string of the molecule is CCCOC(=O)CSc1nc(COc2ccccc2)cc(=O)[nH]1. The van der Waals surface area contributed by atoms with Crippen molar-refractivity contribution in [3.05, 3.63) is 52.4 Å². The van der Waals surface area contributed by atoms with Gasteiger partial charge >= 0.3 is 5.97 Å². The predicted molar refractivity (Wildman–Crippen MR) is 87.6 cm³/mol. The molecule has 0 fully saturated rings. The number of hydrogen-bond donors (Lipinski definition) is 1. The van der Waals surface area contributed by atoms with Crippen molar-refractivity contribution in [3.8, 4) is 5.75 Å². The fourth-order valence-electron chi connectivity index (χ4n) is 1.68. The molecule has 1 aromatic heterocycles. The number of carbonyl (C=O) groups excluding carboxylic acids is 1. The van der Waals surface area contributed by atoms with Gasteiger partial charge in [-0.15, -0.1) is 0 Å². The van der Waals surface area contributed by atoms with Gasteiger partial charge in [-0.3, -0.25) is 9.59 Å². The van der Waals surface area contributed by atoms with Crippen LogP contribution in [0.1, 0.15) is 19.0 Å². The van der Waals surface area contributed by atoms with Gasteiger partial charge in [0.15, 0.2) is 5.16 Å². The van der Waals surface area contributed by atoms with Crippen LogP contribution in [0, 0.1) is 0 Å². The van der Waals surface area contributed by atoms with Crippen LogP contribution in [0.5, 0.6) is 5.75 Å². The van der Waals surface area contributed by atoms with Crippen LogP contribution in [0.4, 0.5) is 0 Å². The van der Waals surface area contributed by atoms with E-state index in [1.807, 2.05) is 37.3 Å². The van der Waals surface area contributed by atoms with Crippen molar-refractivity contribution in [2.24, 2.45) is 0 Å². The Labute approximate surface area is 138 Å². The first-order valence-electron chi connectivity index (χ1n) is 7.24. The number of H-pyrrole nitrogens is 1. The largest absolute Gasteiger partial charge is 0.487 e. The molecule has 0 aliphatic carbocycles. The highest BCUT2D eigenvalue weighted by Gasteiger charge is 2.07. The van der Waals surface area contributed by atoms with Crippen molar-refractivity contribution < 1.29 is 14.3 Å². The van der Waals surface area contributed by atoms with Gasteiger partial charge in [0.2, 0.25) is 0 Å². The molecule has 0 radical (unpaired) electrons. The minimum atomic E-state index is -0.328. The summed E-state index contributed by atoms with van der Waals surface area (Å²) in [5.74, 6) is 0.476. The Morgan fingerprint density at radius 2 is 2.09 bits per heavy atom. The second kappa shape index (κ2) is 8.99. The van der Waals surface area contributed by atoms with Crippen LogP contribution < -0.4 is 10.3 Å². The summed E-state index contributed by atoms with van der Waals surface area (Å²) in [5.41, 5.74) is 0.220. The molecule has 0 unspecified atom stereocenters. The lowest BCUT2D eigenvalue weighted by molar-refractivity contribution is -0.140. The quantitative estimate of drug-likeness (QED) is 0.453. The van der Waals surface area contributed by atoms with Crippen molar-refractivity contribution in [2.45, 2.75) is 25.1 Å². The lowest BCUT2D eigenvalue weighted by Crippen LogP contribution is -2.13.